The van der Waals surface area contributed by atoms with Gasteiger partial charge >= 0.3 is 0 Å². The predicted molar refractivity (Wildman–Crippen MR) is 69.0 cm³/mol. The van der Waals surface area contributed by atoms with Crippen LogP contribution in [-0.4, -0.2) is 18.0 Å². The topological polar surface area (TPSA) is 29.6 Å². The molecule has 2 saturated carbocycles. The van der Waals surface area contributed by atoms with Crippen molar-refractivity contribution in [3.63, 3.8) is 0 Å². The molecule has 1 saturated heterocycles. The zero-order chi connectivity index (χ0) is 12.5. The van der Waals surface area contributed by atoms with E-state index in [9.17, 15) is 4.79 Å². The summed E-state index contributed by atoms with van der Waals surface area (Å²) in [6.45, 7) is 5.51. The number of hydrogen-bond acceptors (Lipinski definition) is 2. The smallest absolute Gasteiger partial charge is 0.137 e. The first-order valence-electron chi connectivity index (χ1n) is 7.53. The highest BCUT2D eigenvalue weighted by Crippen LogP contribution is 2.69. The summed E-state index contributed by atoms with van der Waals surface area (Å²) in [5.41, 5.74) is 0.451. The van der Waals surface area contributed by atoms with Crippen molar-refractivity contribution in [2.45, 2.75) is 45.1 Å². The highest BCUT2D eigenvalue weighted by Gasteiger charge is 2.71. The van der Waals surface area contributed by atoms with Crippen molar-refractivity contribution in [2.24, 2.45) is 29.1 Å². The molecule has 98 valence electrons. The number of ketones is 1. The minimum Gasteiger partial charge on any atom is -0.369 e. The van der Waals surface area contributed by atoms with Crippen LogP contribution in [0.5, 0.6) is 0 Å². The second-order valence-electron chi connectivity index (χ2n) is 6.75. The highest BCUT2D eigenvalue weighted by atomic mass is 16.6. The van der Waals surface area contributed by atoms with Crippen LogP contribution < -0.4 is 0 Å². The second-order valence-corrected chi connectivity index (χ2v) is 6.75. The molecule has 1 aliphatic heterocycles. The maximum atomic E-state index is 12.4. The Morgan fingerprint density at radius 1 is 1.28 bits per heavy atom. The molecule has 0 aromatic rings. The fourth-order valence-electron chi connectivity index (χ4n) is 5.59. The number of allylic oxidation sites excluding steroid dienone is 2. The van der Waals surface area contributed by atoms with E-state index in [-0.39, 0.29) is 11.5 Å². The molecule has 5 atom stereocenters. The van der Waals surface area contributed by atoms with Crippen molar-refractivity contribution in [3.05, 3.63) is 12.2 Å². The van der Waals surface area contributed by atoms with Gasteiger partial charge in [-0.3, -0.25) is 4.79 Å². The molecule has 2 heteroatoms. The second kappa shape index (κ2) is 3.27. The van der Waals surface area contributed by atoms with E-state index in [1.807, 2.05) is 0 Å². The predicted octanol–water partition coefficient (Wildman–Crippen LogP) is 2.97. The van der Waals surface area contributed by atoms with Crippen LogP contribution in [0.4, 0.5) is 0 Å². The van der Waals surface area contributed by atoms with E-state index in [0.29, 0.717) is 29.0 Å². The highest BCUT2D eigenvalue weighted by molar-refractivity contribution is 5.84. The van der Waals surface area contributed by atoms with Crippen LogP contribution in [0, 0.1) is 29.1 Å². The van der Waals surface area contributed by atoms with Crippen molar-refractivity contribution < 1.29 is 9.53 Å². The summed E-state index contributed by atoms with van der Waals surface area (Å²) in [6.07, 6.45) is 8.90. The van der Waals surface area contributed by atoms with E-state index in [0.717, 1.165) is 19.4 Å². The maximum Gasteiger partial charge on any atom is 0.137 e. The Kier molecular flexibility index (Phi) is 2.04. The molecule has 0 aromatic carbocycles. The zero-order valence-corrected chi connectivity index (χ0v) is 11.3. The number of carbonyl (C=O) groups is 1. The van der Waals surface area contributed by atoms with Crippen molar-refractivity contribution >= 4 is 5.78 Å². The number of epoxide rings is 1. The van der Waals surface area contributed by atoms with Gasteiger partial charge in [0.25, 0.3) is 0 Å². The quantitative estimate of drug-likeness (QED) is 0.554. The fraction of sp³-hybridized carbons (Fsp3) is 0.812. The molecule has 1 spiro atoms. The van der Waals surface area contributed by atoms with E-state index in [1.165, 1.54) is 12.8 Å². The van der Waals surface area contributed by atoms with Gasteiger partial charge in [-0.15, -0.1) is 0 Å². The van der Waals surface area contributed by atoms with Crippen LogP contribution in [-0.2, 0) is 9.53 Å². The summed E-state index contributed by atoms with van der Waals surface area (Å²) >= 11 is 0. The molecule has 0 unspecified atom stereocenters. The van der Waals surface area contributed by atoms with Crippen molar-refractivity contribution in [2.75, 3.05) is 6.61 Å². The molecule has 0 amide bonds. The number of carbonyl (C=O) groups excluding carboxylic acids is 1. The Morgan fingerprint density at radius 3 is 2.56 bits per heavy atom. The van der Waals surface area contributed by atoms with E-state index in [1.54, 1.807) is 0 Å². The third kappa shape index (κ3) is 1.04. The number of Topliss-reactive ketones (excluding diaryl/α,β-unsaturated/α-hetero) is 1. The van der Waals surface area contributed by atoms with Gasteiger partial charge in [0.15, 0.2) is 0 Å². The largest absolute Gasteiger partial charge is 0.369 e. The summed E-state index contributed by atoms with van der Waals surface area (Å²) < 4.78 is 5.85. The molecule has 18 heavy (non-hydrogen) atoms. The van der Waals surface area contributed by atoms with E-state index in [2.05, 4.69) is 26.0 Å². The van der Waals surface area contributed by atoms with Gasteiger partial charge in [-0.25, -0.2) is 0 Å². The van der Waals surface area contributed by atoms with Crippen LogP contribution in [0.2, 0.25) is 0 Å². The van der Waals surface area contributed by atoms with Crippen molar-refractivity contribution in [3.8, 4) is 0 Å². The third-order valence-electron chi connectivity index (χ3n) is 6.62. The minimum atomic E-state index is 0.0956. The molecule has 2 bridgehead atoms. The molecule has 4 rings (SSSR count). The van der Waals surface area contributed by atoms with Gasteiger partial charge in [-0.1, -0.05) is 26.0 Å². The molecule has 3 aliphatic carbocycles. The molecule has 0 aromatic heterocycles. The number of hydrogen-bond donors (Lipinski definition) is 0. The maximum absolute atomic E-state index is 12.4. The first-order chi connectivity index (χ1) is 8.68. The summed E-state index contributed by atoms with van der Waals surface area (Å²) in [5, 5.41) is 0. The van der Waals surface area contributed by atoms with Gasteiger partial charge in [-0.05, 0) is 36.5 Å². The number of fused-ring (bicyclic) bond motifs is 6. The van der Waals surface area contributed by atoms with Crippen molar-refractivity contribution in [1.82, 2.24) is 0 Å². The lowest BCUT2D eigenvalue weighted by atomic mass is 9.66. The normalized spacial score (nSPS) is 50.9. The van der Waals surface area contributed by atoms with Gasteiger partial charge in [0.05, 0.1) is 12.2 Å². The van der Waals surface area contributed by atoms with Crippen molar-refractivity contribution in [1.29, 1.82) is 0 Å². The van der Waals surface area contributed by atoms with E-state index < -0.39 is 0 Å². The lowest BCUT2D eigenvalue weighted by molar-refractivity contribution is -0.129. The minimum absolute atomic E-state index is 0.0956. The molecular weight excluding hydrogens is 224 g/mol. The van der Waals surface area contributed by atoms with E-state index in [4.69, 9.17) is 4.74 Å². The molecule has 4 aliphatic rings. The van der Waals surface area contributed by atoms with Gasteiger partial charge in [0, 0.05) is 18.3 Å². The Hall–Kier alpha value is -0.630. The number of rotatable bonds is 2. The Balaban J connectivity index is 1.82. The lowest BCUT2D eigenvalue weighted by Gasteiger charge is -2.36. The molecule has 2 nitrogen and oxygen atoms in total. The van der Waals surface area contributed by atoms with Gasteiger partial charge in [0.2, 0.25) is 0 Å². The first kappa shape index (κ1) is 11.2. The lowest BCUT2D eigenvalue weighted by Crippen LogP contribution is -2.43. The SMILES string of the molecule is CCC1(CC)[C@@H]2C=C[C@H]1[C@H]1C(=O)CC[C@@]3(CO3)[C@H]12. The van der Waals surface area contributed by atoms with Crippen LogP contribution in [0.15, 0.2) is 12.2 Å². The Morgan fingerprint density at radius 2 is 1.94 bits per heavy atom. The summed E-state index contributed by atoms with van der Waals surface area (Å²) in [7, 11) is 0. The van der Waals surface area contributed by atoms with Crippen LogP contribution in [0.3, 0.4) is 0 Å². The summed E-state index contributed by atoms with van der Waals surface area (Å²) in [5.74, 6) is 2.37. The molecule has 0 radical (unpaired) electrons. The van der Waals surface area contributed by atoms with Crippen LogP contribution in [0.25, 0.3) is 0 Å². The third-order valence-corrected chi connectivity index (χ3v) is 6.62. The first-order valence-corrected chi connectivity index (χ1v) is 7.53. The van der Waals surface area contributed by atoms with Gasteiger partial charge in [0.1, 0.15) is 5.78 Å². The fourth-order valence-corrected chi connectivity index (χ4v) is 5.59. The molecule has 3 fully saturated rings. The monoisotopic (exact) mass is 246 g/mol. The van der Waals surface area contributed by atoms with Crippen LogP contribution in [0.1, 0.15) is 39.5 Å². The summed E-state index contributed by atoms with van der Waals surface area (Å²) in [6, 6.07) is 0. The Bertz CT molecular complexity index is 428. The standard InChI is InChI=1S/C16H22O2/c1-3-15(4-2)10-5-6-11(15)14-13(10)12(17)7-8-16(14)9-18-16/h5-6,10-11,13-14H,3-4,7-9H2,1-2H3/t10-,11+,13-,14-,16+/m0/s1. The summed E-state index contributed by atoms with van der Waals surface area (Å²) in [4.78, 5) is 12.4. The van der Waals surface area contributed by atoms with E-state index >= 15 is 0 Å². The molecular formula is C16H22O2. The van der Waals surface area contributed by atoms with Gasteiger partial charge < -0.3 is 4.74 Å². The number of ether oxygens (including phenoxy) is 1. The Labute approximate surface area is 109 Å². The van der Waals surface area contributed by atoms with Gasteiger partial charge in [-0.2, -0.15) is 0 Å². The average molecular weight is 246 g/mol. The molecule has 0 N–H and O–H groups in total. The zero-order valence-electron chi connectivity index (χ0n) is 11.3. The van der Waals surface area contributed by atoms with Crippen LogP contribution >= 0.6 is 0 Å². The molecule has 1 heterocycles. The average Bonchev–Trinajstić information content (AvgIpc) is 3.01.